The van der Waals surface area contributed by atoms with Gasteiger partial charge in [-0.25, -0.2) is 0 Å². The van der Waals surface area contributed by atoms with Crippen LogP contribution in [0, 0.1) is 6.92 Å². The van der Waals surface area contributed by atoms with Crippen LogP contribution in [0.4, 0.5) is 0 Å². The summed E-state index contributed by atoms with van der Waals surface area (Å²) in [6, 6.07) is 8.18. The highest BCUT2D eigenvalue weighted by Gasteiger charge is 2.38. The molecule has 1 aromatic heterocycles. The number of nitrogens with zero attached hydrogens (tertiary/aromatic N) is 3. The van der Waals surface area contributed by atoms with Gasteiger partial charge in [0, 0.05) is 25.7 Å². The minimum absolute atomic E-state index is 0.0651. The summed E-state index contributed by atoms with van der Waals surface area (Å²) in [4.78, 5) is 14.5. The van der Waals surface area contributed by atoms with Crippen molar-refractivity contribution in [3.8, 4) is 0 Å². The Bertz CT molecular complexity index is 726. The fourth-order valence-electron chi connectivity index (χ4n) is 3.18. The Balaban J connectivity index is 1.75. The van der Waals surface area contributed by atoms with Crippen molar-refractivity contribution in [3.05, 3.63) is 53.3 Å². The van der Waals surface area contributed by atoms with E-state index in [0.717, 1.165) is 12.1 Å². The number of hydrogen-bond donors (Lipinski definition) is 1. The Hall–Kier alpha value is -2.18. The summed E-state index contributed by atoms with van der Waals surface area (Å²) in [7, 11) is 0. The van der Waals surface area contributed by atoms with E-state index >= 15 is 0 Å². The van der Waals surface area contributed by atoms with E-state index in [4.69, 9.17) is 4.74 Å². The van der Waals surface area contributed by atoms with Crippen LogP contribution in [0.5, 0.6) is 0 Å². The van der Waals surface area contributed by atoms with Crippen LogP contribution in [0.2, 0.25) is 0 Å². The van der Waals surface area contributed by atoms with Crippen molar-refractivity contribution >= 4 is 5.91 Å². The molecule has 0 aliphatic carbocycles. The van der Waals surface area contributed by atoms with Crippen LogP contribution in [0.3, 0.4) is 0 Å². The van der Waals surface area contributed by atoms with Gasteiger partial charge in [0.1, 0.15) is 5.60 Å². The molecule has 0 unspecified atom stereocenters. The number of carbonyl (C=O) groups is 1. The first-order valence-corrected chi connectivity index (χ1v) is 8.67. The number of aliphatic hydroxyl groups excluding tert-OH is 1. The van der Waals surface area contributed by atoms with Gasteiger partial charge in [-0.15, -0.1) is 0 Å². The average Bonchev–Trinajstić information content (AvgIpc) is 3.12. The summed E-state index contributed by atoms with van der Waals surface area (Å²) < 4.78 is 7.66. The highest BCUT2D eigenvalue weighted by molar-refractivity contribution is 5.93. The van der Waals surface area contributed by atoms with Crippen molar-refractivity contribution in [1.29, 1.82) is 0 Å². The maximum atomic E-state index is 12.8. The smallest absolute Gasteiger partial charge is 0.257 e. The number of carbonyl (C=O) groups excluding carboxylic acids is 1. The molecule has 1 amide bonds. The second kappa shape index (κ2) is 7.37. The lowest BCUT2D eigenvalue weighted by atomic mass is 9.92. The first-order chi connectivity index (χ1) is 12.0. The zero-order valence-electron chi connectivity index (χ0n) is 14.8. The molecule has 3 rings (SSSR count). The monoisotopic (exact) mass is 343 g/mol. The zero-order valence-corrected chi connectivity index (χ0v) is 14.8. The number of morpholine rings is 1. The molecule has 1 fully saturated rings. The number of aryl methyl sites for hydroxylation is 2. The molecule has 0 saturated carbocycles. The van der Waals surface area contributed by atoms with Crippen molar-refractivity contribution in [1.82, 2.24) is 14.7 Å². The topological polar surface area (TPSA) is 67.6 Å². The van der Waals surface area contributed by atoms with Crippen LogP contribution < -0.4 is 0 Å². The lowest BCUT2D eigenvalue weighted by Gasteiger charge is -2.41. The Morgan fingerprint density at radius 3 is 2.76 bits per heavy atom. The Morgan fingerprint density at radius 1 is 1.36 bits per heavy atom. The van der Waals surface area contributed by atoms with Crippen LogP contribution in [0.25, 0.3) is 0 Å². The molecule has 1 N–H and O–H groups in total. The van der Waals surface area contributed by atoms with E-state index in [1.54, 1.807) is 22.0 Å². The van der Waals surface area contributed by atoms with E-state index in [9.17, 15) is 9.90 Å². The van der Waals surface area contributed by atoms with Crippen molar-refractivity contribution in [3.63, 3.8) is 0 Å². The molecule has 25 heavy (non-hydrogen) atoms. The van der Waals surface area contributed by atoms with Crippen molar-refractivity contribution < 1.29 is 14.6 Å². The summed E-state index contributed by atoms with van der Waals surface area (Å²) in [6.07, 6.45) is 3.93. The molecule has 0 radical (unpaired) electrons. The average molecular weight is 343 g/mol. The lowest BCUT2D eigenvalue weighted by molar-refractivity contribution is -0.123. The van der Waals surface area contributed by atoms with Crippen molar-refractivity contribution in [2.45, 2.75) is 32.4 Å². The number of rotatable bonds is 5. The number of aliphatic hydroxyl groups is 1. The summed E-state index contributed by atoms with van der Waals surface area (Å²) in [6.45, 7) is 5.93. The molecule has 1 atom stereocenters. The van der Waals surface area contributed by atoms with Crippen LogP contribution in [0.15, 0.2) is 36.7 Å². The number of aromatic nitrogens is 2. The third-order valence-corrected chi connectivity index (χ3v) is 4.67. The fraction of sp³-hybridized carbons (Fsp3) is 0.474. The second-order valence-electron chi connectivity index (χ2n) is 6.66. The van der Waals surface area contributed by atoms with E-state index in [2.05, 4.69) is 5.10 Å². The molecule has 1 saturated heterocycles. The minimum atomic E-state index is -0.760. The predicted octanol–water partition coefficient (Wildman–Crippen LogP) is 1.66. The molecule has 134 valence electrons. The molecule has 1 aliphatic heterocycles. The Kier molecular flexibility index (Phi) is 5.20. The number of benzene rings is 1. The van der Waals surface area contributed by atoms with Gasteiger partial charge in [-0.2, -0.15) is 5.10 Å². The van der Waals surface area contributed by atoms with Crippen molar-refractivity contribution in [2.75, 3.05) is 26.3 Å². The number of amides is 1. The number of hydrogen-bond acceptors (Lipinski definition) is 4. The highest BCUT2D eigenvalue weighted by Crippen LogP contribution is 2.24. The first kappa shape index (κ1) is 17.6. The van der Waals surface area contributed by atoms with Gasteiger partial charge in [-0.3, -0.25) is 9.48 Å². The maximum absolute atomic E-state index is 12.8. The SMILES string of the molecule is CCn1cc(C(=O)N2CCO[C@](CO)(Cc3ccc(C)cc3)C2)cn1. The number of ether oxygens (including phenoxy) is 1. The van der Waals surface area contributed by atoms with Gasteiger partial charge in [0.2, 0.25) is 0 Å². The Morgan fingerprint density at radius 2 is 2.12 bits per heavy atom. The molecule has 0 spiro atoms. The first-order valence-electron chi connectivity index (χ1n) is 8.67. The van der Waals surface area contributed by atoms with Crippen LogP contribution in [-0.4, -0.2) is 57.6 Å². The van der Waals surface area contributed by atoms with Crippen LogP contribution in [-0.2, 0) is 17.7 Å². The maximum Gasteiger partial charge on any atom is 0.257 e. The van der Waals surface area contributed by atoms with Crippen LogP contribution >= 0.6 is 0 Å². The van der Waals surface area contributed by atoms with Gasteiger partial charge in [-0.1, -0.05) is 29.8 Å². The molecule has 6 heteroatoms. The van der Waals surface area contributed by atoms with Gasteiger partial charge >= 0.3 is 0 Å². The molecule has 1 aliphatic rings. The predicted molar refractivity (Wildman–Crippen MR) is 94.5 cm³/mol. The molecular weight excluding hydrogens is 318 g/mol. The second-order valence-corrected chi connectivity index (χ2v) is 6.66. The fourth-order valence-corrected chi connectivity index (χ4v) is 3.18. The largest absolute Gasteiger partial charge is 0.393 e. The molecule has 6 nitrogen and oxygen atoms in total. The summed E-state index contributed by atoms with van der Waals surface area (Å²) in [5.41, 5.74) is 2.10. The van der Waals surface area contributed by atoms with E-state index in [-0.39, 0.29) is 12.5 Å². The third kappa shape index (κ3) is 3.91. The van der Waals surface area contributed by atoms with E-state index in [0.29, 0.717) is 31.7 Å². The van der Waals surface area contributed by atoms with Gasteiger partial charge < -0.3 is 14.7 Å². The standard InChI is InChI=1S/C19H25N3O3/c1-3-22-12-17(11-20-22)18(24)21-8-9-25-19(13-21,14-23)10-16-6-4-15(2)5-7-16/h4-7,11-12,23H,3,8-10,13-14H2,1-2H3/t19-/m1/s1. The lowest BCUT2D eigenvalue weighted by Crippen LogP contribution is -2.56. The quantitative estimate of drug-likeness (QED) is 0.896. The third-order valence-electron chi connectivity index (χ3n) is 4.67. The normalized spacial score (nSPS) is 20.7. The summed E-state index contributed by atoms with van der Waals surface area (Å²) in [5, 5.41) is 14.2. The molecule has 1 aromatic carbocycles. The van der Waals surface area contributed by atoms with E-state index in [1.165, 1.54) is 5.56 Å². The van der Waals surface area contributed by atoms with Gasteiger partial charge in [0.15, 0.2) is 0 Å². The molecule has 0 bridgehead atoms. The Labute approximate surface area is 148 Å². The van der Waals surface area contributed by atoms with Crippen LogP contribution in [0.1, 0.15) is 28.4 Å². The molecule has 2 aromatic rings. The molecule has 2 heterocycles. The summed E-state index contributed by atoms with van der Waals surface area (Å²) in [5.74, 6) is -0.0651. The van der Waals surface area contributed by atoms with Gasteiger partial charge in [0.05, 0.1) is 31.5 Å². The highest BCUT2D eigenvalue weighted by atomic mass is 16.5. The minimum Gasteiger partial charge on any atom is -0.393 e. The molecular formula is C19H25N3O3. The van der Waals surface area contributed by atoms with Gasteiger partial charge in [-0.05, 0) is 19.4 Å². The van der Waals surface area contributed by atoms with Crippen molar-refractivity contribution in [2.24, 2.45) is 0 Å². The van der Waals surface area contributed by atoms with E-state index in [1.807, 2.05) is 38.1 Å². The van der Waals surface area contributed by atoms with Gasteiger partial charge in [0.25, 0.3) is 5.91 Å². The summed E-state index contributed by atoms with van der Waals surface area (Å²) >= 11 is 0. The zero-order chi connectivity index (χ0) is 17.9. The van der Waals surface area contributed by atoms with E-state index < -0.39 is 5.60 Å².